The van der Waals surface area contributed by atoms with E-state index in [1.807, 2.05) is 12.1 Å². The van der Waals surface area contributed by atoms with Crippen LogP contribution in [0, 0.1) is 5.92 Å². The third kappa shape index (κ3) is 3.36. The third-order valence-corrected chi connectivity index (χ3v) is 4.00. The summed E-state index contributed by atoms with van der Waals surface area (Å²) in [4.78, 5) is 0.356. The van der Waals surface area contributed by atoms with Gasteiger partial charge in [-0.1, -0.05) is 30.7 Å². The van der Waals surface area contributed by atoms with Crippen LogP contribution in [0.4, 0.5) is 0 Å². The van der Waals surface area contributed by atoms with Crippen LogP contribution in [0.2, 0.25) is 5.02 Å². The molecule has 1 aliphatic carbocycles. The van der Waals surface area contributed by atoms with Crippen LogP contribution < -0.4 is 10.5 Å². The van der Waals surface area contributed by atoms with Gasteiger partial charge in [0.1, 0.15) is 10.7 Å². The number of nitrogens with two attached hydrogens (primary N) is 1. The van der Waals surface area contributed by atoms with E-state index >= 15 is 0 Å². The van der Waals surface area contributed by atoms with Crippen LogP contribution in [0.5, 0.6) is 5.75 Å². The first-order valence-corrected chi connectivity index (χ1v) is 7.11. The van der Waals surface area contributed by atoms with Crippen molar-refractivity contribution in [2.75, 3.05) is 0 Å². The molecule has 0 unspecified atom stereocenters. The Labute approximate surface area is 118 Å². The van der Waals surface area contributed by atoms with Gasteiger partial charge in [-0.15, -0.1) is 0 Å². The van der Waals surface area contributed by atoms with Gasteiger partial charge in [-0.05, 0) is 49.8 Å². The minimum Gasteiger partial charge on any atom is -0.489 e. The number of ether oxygens (including phenoxy) is 1. The Morgan fingerprint density at radius 3 is 2.56 bits per heavy atom. The zero-order valence-corrected chi connectivity index (χ0v) is 12.1. The summed E-state index contributed by atoms with van der Waals surface area (Å²) in [6.07, 6.45) is 4.96. The van der Waals surface area contributed by atoms with Crippen LogP contribution in [0.25, 0.3) is 0 Å². The minimum atomic E-state index is 0.286. The normalized spacial score (nSPS) is 23.7. The molecular formula is C14H18ClNOS. The summed E-state index contributed by atoms with van der Waals surface area (Å²) in [7, 11) is 0. The summed E-state index contributed by atoms with van der Waals surface area (Å²) in [5.74, 6) is 1.55. The number of halogens is 1. The van der Waals surface area contributed by atoms with E-state index < -0.39 is 0 Å². The molecule has 2 nitrogen and oxygen atoms in total. The molecule has 0 saturated heterocycles. The highest BCUT2D eigenvalue weighted by Crippen LogP contribution is 2.31. The number of hydrogen-bond acceptors (Lipinski definition) is 2. The molecule has 0 aromatic heterocycles. The summed E-state index contributed by atoms with van der Waals surface area (Å²) in [6, 6.07) is 5.48. The van der Waals surface area contributed by atoms with E-state index in [1.54, 1.807) is 6.07 Å². The lowest BCUT2D eigenvalue weighted by atomic mass is 9.89. The quantitative estimate of drug-likeness (QED) is 0.854. The zero-order valence-electron chi connectivity index (χ0n) is 10.5. The van der Waals surface area contributed by atoms with Crippen LogP contribution in [-0.4, -0.2) is 11.1 Å². The second-order valence-electron chi connectivity index (χ2n) is 5.01. The van der Waals surface area contributed by atoms with Crippen LogP contribution >= 0.6 is 23.8 Å². The topological polar surface area (TPSA) is 35.2 Å². The van der Waals surface area contributed by atoms with Gasteiger partial charge >= 0.3 is 0 Å². The summed E-state index contributed by atoms with van der Waals surface area (Å²) in [5, 5.41) is 0.582. The first-order chi connectivity index (χ1) is 8.56. The summed E-state index contributed by atoms with van der Waals surface area (Å²) in [6.45, 7) is 2.29. The van der Waals surface area contributed by atoms with Crippen molar-refractivity contribution in [3.05, 3.63) is 28.8 Å². The first kappa shape index (κ1) is 13.6. The molecule has 0 heterocycles. The van der Waals surface area contributed by atoms with Gasteiger partial charge in [0.25, 0.3) is 0 Å². The van der Waals surface area contributed by atoms with Gasteiger partial charge in [0.05, 0.1) is 11.1 Å². The molecule has 1 aromatic carbocycles. The fourth-order valence-corrected chi connectivity index (χ4v) is 2.63. The Bertz CT molecular complexity index is 441. The molecule has 0 aliphatic heterocycles. The summed E-state index contributed by atoms with van der Waals surface area (Å²) >= 11 is 11.1. The Kier molecular flexibility index (Phi) is 4.46. The Morgan fingerprint density at radius 2 is 2.00 bits per heavy atom. The molecule has 4 heteroatoms. The predicted octanol–water partition coefficient (Wildman–Crippen LogP) is 3.93. The zero-order chi connectivity index (χ0) is 13.1. The highest BCUT2D eigenvalue weighted by atomic mass is 35.5. The monoisotopic (exact) mass is 283 g/mol. The number of benzene rings is 1. The number of hydrogen-bond donors (Lipinski definition) is 1. The average Bonchev–Trinajstić information content (AvgIpc) is 2.34. The number of thiocarbonyl (C=S) groups is 1. The van der Waals surface area contributed by atoms with Crippen molar-refractivity contribution in [2.45, 2.75) is 38.7 Å². The van der Waals surface area contributed by atoms with Crippen molar-refractivity contribution in [1.82, 2.24) is 0 Å². The molecule has 0 spiro atoms. The van der Waals surface area contributed by atoms with E-state index in [2.05, 4.69) is 6.92 Å². The lowest BCUT2D eigenvalue weighted by molar-refractivity contribution is 0.135. The molecule has 0 radical (unpaired) electrons. The number of rotatable bonds is 3. The van der Waals surface area contributed by atoms with E-state index in [0.29, 0.717) is 10.0 Å². The van der Waals surface area contributed by atoms with Gasteiger partial charge in [-0.25, -0.2) is 0 Å². The van der Waals surface area contributed by atoms with Crippen LogP contribution in [0.3, 0.4) is 0 Å². The van der Waals surface area contributed by atoms with Crippen molar-refractivity contribution in [3.8, 4) is 5.75 Å². The highest BCUT2D eigenvalue weighted by Gasteiger charge is 2.20. The summed E-state index contributed by atoms with van der Waals surface area (Å²) in [5.41, 5.74) is 6.34. The van der Waals surface area contributed by atoms with E-state index in [0.717, 1.165) is 30.1 Å². The largest absolute Gasteiger partial charge is 0.489 e. The molecule has 1 aliphatic rings. The van der Waals surface area contributed by atoms with Gasteiger partial charge in [0, 0.05) is 5.56 Å². The van der Waals surface area contributed by atoms with E-state index in [4.69, 9.17) is 34.3 Å². The molecule has 98 valence electrons. The Balaban J connectivity index is 2.03. The fraction of sp³-hybridized carbons (Fsp3) is 0.500. The molecular weight excluding hydrogens is 266 g/mol. The molecule has 2 rings (SSSR count). The fourth-order valence-electron chi connectivity index (χ4n) is 2.28. The van der Waals surface area contributed by atoms with Crippen LogP contribution in [0.15, 0.2) is 18.2 Å². The van der Waals surface area contributed by atoms with Gasteiger partial charge in [-0.3, -0.25) is 0 Å². The molecule has 0 bridgehead atoms. The lowest BCUT2D eigenvalue weighted by Gasteiger charge is -2.27. The van der Waals surface area contributed by atoms with Crippen molar-refractivity contribution < 1.29 is 4.74 Å². The first-order valence-electron chi connectivity index (χ1n) is 6.32. The predicted molar refractivity (Wildman–Crippen MR) is 79.4 cm³/mol. The maximum absolute atomic E-state index is 6.18. The van der Waals surface area contributed by atoms with E-state index in [1.165, 1.54) is 12.8 Å². The third-order valence-electron chi connectivity index (χ3n) is 3.47. The van der Waals surface area contributed by atoms with Gasteiger partial charge in [-0.2, -0.15) is 0 Å². The van der Waals surface area contributed by atoms with E-state index in [-0.39, 0.29) is 6.10 Å². The molecule has 2 N–H and O–H groups in total. The van der Waals surface area contributed by atoms with Crippen molar-refractivity contribution in [3.63, 3.8) is 0 Å². The van der Waals surface area contributed by atoms with Crippen molar-refractivity contribution in [1.29, 1.82) is 0 Å². The molecule has 1 fully saturated rings. The standard InChI is InChI=1S/C14H18ClNOS/c1-9-2-5-11(6-3-9)17-13-7-4-10(14(16)18)8-12(13)15/h4,7-9,11H,2-3,5-6H2,1H3,(H2,16,18). The maximum atomic E-state index is 6.18. The summed E-state index contributed by atoms with van der Waals surface area (Å²) < 4.78 is 5.95. The molecule has 1 saturated carbocycles. The average molecular weight is 284 g/mol. The Hall–Kier alpha value is -0.800. The molecule has 0 amide bonds. The second-order valence-corrected chi connectivity index (χ2v) is 5.86. The van der Waals surface area contributed by atoms with Crippen LogP contribution in [-0.2, 0) is 0 Å². The lowest BCUT2D eigenvalue weighted by Crippen LogP contribution is -2.23. The van der Waals surface area contributed by atoms with Crippen LogP contribution in [0.1, 0.15) is 38.2 Å². The second kappa shape index (κ2) is 5.89. The highest BCUT2D eigenvalue weighted by molar-refractivity contribution is 7.80. The molecule has 1 aromatic rings. The van der Waals surface area contributed by atoms with Crippen molar-refractivity contribution in [2.24, 2.45) is 11.7 Å². The molecule has 18 heavy (non-hydrogen) atoms. The SMILES string of the molecule is CC1CCC(Oc2ccc(C(N)=S)cc2Cl)CC1. The Morgan fingerprint density at radius 1 is 1.33 bits per heavy atom. The molecule has 0 atom stereocenters. The van der Waals surface area contributed by atoms with Gasteiger partial charge < -0.3 is 10.5 Å². The van der Waals surface area contributed by atoms with Crippen molar-refractivity contribution >= 4 is 28.8 Å². The minimum absolute atomic E-state index is 0.286. The smallest absolute Gasteiger partial charge is 0.138 e. The van der Waals surface area contributed by atoms with E-state index in [9.17, 15) is 0 Å². The van der Waals surface area contributed by atoms with Gasteiger partial charge in [0.2, 0.25) is 0 Å². The maximum Gasteiger partial charge on any atom is 0.138 e. The van der Waals surface area contributed by atoms with Gasteiger partial charge in [0.15, 0.2) is 0 Å².